The number of rotatable bonds is 2. The Labute approximate surface area is 118 Å². The molecular formula is C14H8ClF3N2. The van der Waals surface area contributed by atoms with Gasteiger partial charge in [-0.3, -0.25) is 4.98 Å². The summed E-state index contributed by atoms with van der Waals surface area (Å²) in [7, 11) is 0. The summed E-state index contributed by atoms with van der Waals surface area (Å²) in [4.78, 5) is 3.92. The predicted octanol–water partition coefficient (Wildman–Crippen LogP) is 4.49. The third-order valence-corrected chi connectivity index (χ3v) is 3.15. The molecule has 0 aliphatic heterocycles. The lowest BCUT2D eigenvalue weighted by Crippen LogP contribution is -2.07. The Balaban J connectivity index is 2.65. The molecule has 1 aromatic carbocycles. The third-order valence-electron chi connectivity index (χ3n) is 2.73. The molecule has 0 fully saturated rings. The zero-order valence-electron chi connectivity index (χ0n) is 10.1. The van der Waals surface area contributed by atoms with Crippen LogP contribution >= 0.6 is 11.6 Å². The Kier molecular flexibility index (Phi) is 3.96. The van der Waals surface area contributed by atoms with E-state index in [1.54, 1.807) is 0 Å². The summed E-state index contributed by atoms with van der Waals surface area (Å²) in [6, 6.07) is 8.51. The number of pyridine rings is 1. The number of nitrogens with zero attached hydrogens (tertiary/aromatic N) is 2. The Hall–Kier alpha value is -2.06. The summed E-state index contributed by atoms with van der Waals surface area (Å²) < 4.78 is 39.0. The summed E-state index contributed by atoms with van der Waals surface area (Å²) in [6.07, 6.45) is -3.13. The quantitative estimate of drug-likeness (QED) is 0.819. The molecule has 1 heterocycles. The van der Waals surface area contributed by atoms with Gasteiger partial charge in [0.05, 0.1) is 28.8 Å². The lowest BCUT2D eigenvalue weighted by Gasteiger charge is -2.14. The number of halogens is 4. The van der Waals surface area contributed by atoms with Gasteiger partial charge in [-0.05, 0) is 17.7 Å². The van der Waals surface area contributed by atoms with Gasteiger partial charge in [-0.15, -0.1) is 0 Å². The van der Waals surface area contributed by atoms with Gasteiger partial charge in [-0.25, -0.2) is 0 Å². The normalized spacial score (nSPS) is 11.2. The molecule has 0 bridgehead atoms. The van der Waals surface area contributed by atoms with E-state index in [9.17, 15) is 13.2 Å². The van der Waals surface area contributed by atoms with Crippen molar-refractivity contribution in [3.63, 3.8) is 0 Å². The van der Waals surface area contributed by atoms with Crippen LogP contribution in [0.25, 0.3) is 11.3 Å². The molecule has 1 aromatic heterocycles. The zero-order valence-corrected chi connectivity index (χ0v) is 10.8. The van der Waals surface area contributed by atoms with Crippen LogP contribution in [0.4, 0.5) is 13.2 Å². The third kappa shape index (κ3) is 2.75. The molecule has 0 aliphatic carbocycles. The van der Waals surface area contributed by atoms with Crippen molar-refractivity contribution in [3.05, 3.63) is 52.7 Å². The van der Waals surface area contributed by atoms with E-state index in [2.05, 4.69) is 4.98 Å². The first-order chi connectivity index (χ1) is 9.45. The highest BCUT2D eigenvalue weighted by molar-refractivity contribution is 6.33. The van der Waals surface area contributed by atoms with E-state index in [0.29, 0.717) is 5.56 Å². The Morgan fingerprint density at radius 3 is 2.55 bits per heavy atom. The standard InChI is InChI=1S/C14H8ClF3N2/c15-12-9(5-7-19)6-8-20-13(12)10-3-1-2-4-11(10)14(16,17)18/h1-4,6,8H,5H2. The minimum Gasteiger partial charge on any atom is -0.255 e. The molecule has 0 saturated heterocycles. The van der Waals surface area contributed by atoms with E-state index in [0.717, 1.165) is 6.07 Å². The van der Waals surface area contributed by atoms with E-state index < -0.39 is 11.7 Å². The van der Waals surface area contributed by atoms with Gasteiger partial charge in [0, 0.05) is 11.8 Å². The van der Waals surface area contributed by atoms with Gasteiger partial charge in [0.25, 0.3) is 0 Å². The minimum absolute atomic E-state index is 0.0164. The molecule has 0 atom stereocenters. The maximum Gasteiger partial charge on any atom is 0.417 e. The summed E-state index contributed by atoms with van der Waals surface area (Å²) >= 11 is 6.06. The monoisotopic (exact) mass is 296 g/mol. The van der Waals surface area contributed by atoms with Crippen molar-refractivity contribution in [1.82, 2.24) is 4.98 Å². The van der Waals surface area contributed by atoms with Crippen LogP contribution in [-0.2, 0) is 12.6 Å². The average Bonchev–Trinajstić information content (AvgIpc) is 2.40. The van der Waals surface area contributed by atoms with Gasteiger partial charge in [0.2, 0.25) is 0 Å². The van der Waals surface area contributed by atoms with Crippen LogP contribution < -0.4 is 0 Å². The highest BCUT2D eigenvalue weighted by Gasteiger charge is 2.34. The maximum absolute atomic E-state index is 13.0. The molecule has 102 valence electrons. The molecule has 2 rings (SSSR count). The van der Waals surface area contributed by atoms with E-state index in [1.165, 1.54) is 30.5 Å². The fourth-order valence-electron chi connectivity index (χ4n) is 1.83. The molecule has 2 nitrogen and oxygen atoms in total. The first-order valence-corrected chi connectivity index (χ1v) is 6.00. The smallest absolute Gasteiger partial charge is 0.255 e. The lowest BCUT2D eigenvalue weighted by molar-refractivity contribution is -0.137. The summed E-state index contributed by atoms with van der Waals surface area (Å²) in [5.74, 6) is 0. The molecule has 0 unspecified atom stereocenters. The van der Waals surface area contributed by atoms with Gasteiger partial charge >= 0.3 is 6.18 Å². The Morgan fingerprint density at radius 1 is 1.20 bits per heavy atom. The van der Waals surface area contributed by atoms with Crippen LogP contribution in [0.3, 0.4) is 0 Å². The van der Waals surface area contributed by atoms with Gasteiger partial charge in [-0.2, -0.15) is 18.4 Å². The van der Waals surface area contributed by atoms with Gasteiger partial charge in [0.1, 0.15) is 0 Å². The second-order valence-electron chi connectivity index (χ2n) is 4.01. The van der Waals surface area contributed by atoms with Crippen molar-refractivity contribution >= 4 is 11.6 Å². The van der Waals surface area contributed by atoms with Crippen LogP contribution in [0.5, 0.6) is 0 Å². The zero-order chi connectivity index (χ0) is 14.8. The largest absolute Gasteiger partial charge is 0.417 e. The summed E-state index contributed by atoms with van der Waals surface area (Å²) in [5.41, 5.74) is -0.406. The van der Waals surface area contributed by atoms with Crippen LogP contribution in [0.2, 0.25) is 5.02 Å². The maximum atomic E-state index is 13.0. The molecule has 0 amide bonds. The lowest BCUT2D eigenvalue weighted by atomic mass is 10.0. The van der Waals surface area contributed by atoms with Crippen LogP contribution in [0.15, 0.2) is 36.5 Å². The fraction of sp³-hybridized carbons (Fsp3) is 0.143. The SMILES string of the molecule is N#CCc1ccnc(-c2ccccc2C(F)(F)F)c1Cl. The molecule has 2 aromatic rings. The van der Waals surface area contributed by atoms with Crippen molar-refractivity contribution in [2.45, 2.75) is 12.6 Å². The van der Waals surface area contributed by atoms with Crippen LogP contribution in [0.1, 0.15) is 11.1 Å². The minimum atomic E-state index is -4.49. The Bertz CT molecular complexity index is 675. The first kappa shape index (κ1) is 14.4. The van der Waals surface area contributed by atoms with E-state index >= 15 is 0 Å². The van der Waals surface area contributed by atoms with Crippen molar-refractivity contribution in [1.29, 1.82) is 5.26 Å². The van der Waals surface area contributed by atoms with Gasteiger partial charge < -0.3 is 0 Å². The Morgan fingerprint density at radius 2 is 1.90 bits per heavy atom. The number of alkyl halides is 3. The van der Waals surface area contributed by atoms with Crippen molar-refractivity contribution < 1.29 is 13.2 Å². The number of hydrogen-bond donors (Lipinski definition) is 0. The fourth-order valence-corrected chi connectivity index (χ4v) is 2.11. The van der Waals surface area contributed by atoms with Crippen LogP contribution in [0, 0.1) is 11.3 Å². The molecule has 0 saturated carbocycles. The number of hydrogen-bond acceptors (Lipinski definition) is 2. The highest BCUT2D eigenvalue weighted by atomic mass is 35.5. The van der Waals surface area contributed by atoms with Gasteiger partial charge in [-0.1, -0.05) is 29.8 Å². The summed E-state index contributed by atoms with van der Waals surface area (Å²) in [6.45, 7) is 0. The number of aromatic nitrogens is 1. The molecule has 6 heteroatoms. The molecule has 0 spiro atoms. The molecular weight excluding hydrogens is 289 g/mol. The molecule has 20 heavy (non-hydrogen) atoms. The second-order valence-corrected chi connectivity index (χ2v) is 4.39. The average molecular weight is 297 g/mol. The molecule has 0 aliphatic rings. The van der Waals surface area contributed by atoms with Crippen molar-refractivity contribution in [2.75, 3.05) is 0 Å². The second kappa shape index (κ2) is 5.51. The molecule has 0 radical (unpaired) electrons. The predicted molar refractivity (Wildman–Crippen MR) is 69.0 cm³/mol. The highest BCUT2D eigenvalue weighted by Crippen LogP contribution is 2.39. The first-order valence-electron chi connectivity index (χ1n) is 5.62. The van der Waals surface area contributed by atoms with E-state index in [-0.39, 0.29) is 22.7 Å². The number of nitriles is 1. The van der Waals surface area contributed by atoms with Crippen LogP contribution in [-0.4, -0.2) is 4.98 Å². The number of benzene rings is 1. The van der Waals surface area contributed by atoms with Gasteiger partial charge in [0.15, 0.2) is 0 Å². The van der Waals surface area contributed by atoms with Crippen molar-refractivity contribution in [2.24, 2.45) is 0 Å². The van der Waals surface area contributed by atoms with E-state index in [1.807, 2.05) is 6.07 Å². The van der Waals surface area contributed by atoms with E-state index in [4.69, 9.17) is 16.9 Å². The molecule has 0 N–H and O–H groups in total. The van der Waals surface area contributed by atoms with Crippen molar-refractivity contribution in [3.8, 4) is 17.3 Å². The summed E-state index contributed by atoms with van der Waals surface area (Å²) in [5, 5.41) is 8.76. The topological polar surface area (TPSA) is 36.7 Å².